The van der Waals surface area contributed by atoms with Gasteiger partial charge in [0.1, 0.15) is 6.10 Å². The first kappa shape index (κ1) is 14.3. The molecular formula is C17H15BrO3. The van der Waals surface area contributed by atoms with Crippen molar-refractivity contribution in [2.24, 2.45) is 0 Å². The second kappa shape index (κ2) is 6.00. The Bertz CT molecular complexity index is 708. The Labute approximate surface area is 131 Å². The molecule has 108 valence electrons. The van der Waals surface area contributed by atoms with Crippen molar-refractivity contribution in [1.29, 1.82) is 0 Å². The smallest absolute Gasteiger partial charge is 0.309 e. The van der Waals surface area contributed by atoms with E-state index in [0.717, 1.165) is 20.8 Å². The molecule has 0 saturated carbocycles. The second-order valence-electron chi connectivity index (χ2n) is 5.16. The van der Waals surface area contributed by atoms with E-state index in [0.29, 0.717) is 6.42 Å². The van der Waals surface area contributed by atoms with Crippen LogP contribution in [0.25, 0.3) is 16.8 Å². The quantitative estimate of drug-likeness (QED) is 0.843. The predicted octanol–water partition coefficient (Wildman–Crippen LogP) is 3.68. The number of aliphatic hydroxyl groups is 1. The van der Waals surface area contributed by atoms with Gasteiger partial charge in [0.15, 0.2) is 0 Å². The minimum Gasteiger partial charge on any atom is -0.458 e. The van der Waals surface area contributed by atoms with Crippen LogP contribution in [0.15, 0.2) is 46.9 Å². The van der Waals surface area contributed by atoms with Crippen molar-refractivity contribution in [3.05, 3.63) is 52.5 Å². The van der Waals surface area contributed by atoms with Crippen molar-refractivity contribution in [3.63, 3.8) is 0 Å². The second-order valence-corrected chi connectivity index (χ2v) is 6.02. The number of esters is 1. The van der Waals surface area contributed by atoms with Crippen LogP contribution in [0.3, 0.4) is 0 Å². The molecule has 1 saturated heterocycles. The summed E-state index contributed by atoms with van der Waals surface area (Å²) in [5.41, 5.74) is 1.06. The monoisotopic (exact) mass is 346 g/mol. The van der Waals surface area contributed by atoms with E-state index in [-0.39, 0.29) is 18.5 Å². The predicted molar refractivity (Wildman–Crippen MR) is 85.8 cm³/mol. The van der Waals surface area contributed by atoms with E-state index in [1.165, 1.54) is 0 Å². The first-order valence-electron chi connectivity index (χ1n) is 6.86. The number of carbonyl (C=O) groups is 1. The number of rotatable bonds is 2. The van der Waals surface area contributed by atoms with Crippen molar-refractivity contribution in [2.75, 3.05) is 0 Å². The lowest BCUT2D eigenvalue weighted by atomic mass is 10.0. The molecule has 3 nitrogen and oxygen atoms in total. The van der Waals surface area contributed by atoms with Crippen molar-refractivity contribution in [1.82, 2.24) is 0 Å². The average molecular weight is 347 g/mol. The van der Waals surface area contributed by atoms with E-state index in [1.807, 2.05) is 36.4 Å². The molecule has 1 N–H and O–H groups in total. The number of carbonyl (C=O) groups excluding carboxylic acids is 1. The molecule has 0 aliphatic carbocycles. The molecule has 0 unspecified atom stereocenters. The van der Waals surface area contributed by atoms with Gasteiger partial charge < -0.3 is 9.84 Å². The molecule has 2 aromatic rings. The maximum absolute atomic E-state index is 11.3. The highest BCUT2D eigenvalue weighted by atomic mass is 79.9. The van der Waals surface area contributed by atoms with Gasteiger partial charge in [-0.15, -0.1) is 0 Å². The molecule has 1 aliphatic heterocycles. The highest BCUT2D eigenvalue weighted by Gasteiger charge is 2.25. The van der Waals surface area contributed by atoms with Crippen LogP contribution < -0.4 is 0 Å². The van der Waals surface area contributed by atoms with Crippen molar-refractivity contribution < 1.29 is 14.6 Å². The highest BCUT2D eigenvalue weighted by molar-refractivity contribution is 9.10. The van der Waals surface area contributed by atoms with Gasteiger partial charge in [0.05, 0.1) is 12.5 Å². The van der Waals surface area contributed by atoms with E-state index in [1.54, 1.807) is 0 Å². The molecule has 0 bridgehead atoms. The van der Waals surface area contributed by atoms with Crippen LogP contribution in [0.4, 0.5) is 0 Å². The minimum absolute atomic E-state index is 0.0888. The molecule has 2 atom stereocenters. The third kappa shape index (κ3) is 3.17. The lowest BCUT2D eigenvalue weighted by Crippen LogP contribution is -2.31. The molecule has 0 radical (unpaired) electrons. The summed E-state index contributed by atoms with van der Waals surface area (Å²) in [5.74, 6) is -0.343. The van der Waals surface area contributed by atoms with E-state index >= 15 is 0 Å². The first-order chi connectivity index (χ1) is 10.1. The zero-order valence-corrected chi connectivity index (χ0v) is 12.9. The lowest BCUT2D eigenvalue weighted by molar-refractivity contribution is -0.156. The third-order valence-corrected chi connectivity index (χ3v) is 4.28. The van der Waals surface area contributed by atoms with Gasteiger partial charge in [-0.3, -0.25) is 4.79 Å². The molecule has 3 rings (SSSR count). The normalized spacial score (nSPS) is 22.7. The number of ether oxygens (including phenoxy) is 1. The number of fused-ring (bicyclic) bond motifs is 1. The van der Waals surface area contributed by atoms with Gasteiger partial charge in [0.25, 0.3) is 0 Å². The van der Waals surface area contributed by atoms with Crippen LogP contribution >= 0.6 is 15.9 Å². The van der Waals surface area contributed by atoms with Gasteiger partial charge in [-0.1, -0.05) is 52.3 Å². The average Bonchev–Trinajstić information content (AvgIpc) is 2.46. The van der Waals surface area contributed by atoms with Gasteiger partial charge in [-0.2, -0.15) is 0 Å². The van der Waals surface area contributed by atoms with Gasteiger partial charge in [0, 0.05) is 10.9 Å². The molecule has 1 fully saturated rings. The van der Waals surface area contributed by atoms with Gasteiger partial charge in [-0.05, 0) is 28.5 Å². The summed E-state index contributed by atoms with van der Waals surface area (Å²) in [5, 5.41) is 11.9. The van der Waals surface area contributed by atoms with Crippen molar-refractivity contribution in [2.45, 2.75) is 25.0 Å². The minimum atomic E-state index is -0.609. The Morgan fingerprint density at radius 1 is 1.19 bits per heavy atom. The number of hydrogen-bond donors (Lipinski definition) is 1. The summed E-state index contributed by atoms with van der Waals surface area (Å²) in [6.45, 7) is 0. The molecule has 0 spiro atoms. The number of cyclic esters (lactones) is 1. The van der Waals surface area contributed by atoms with Crippen LogP contribution in [0, 0.1) is 0 Å². The van der Waals surface area contributed by atoms with E-state index in [4.69, 9.17) is 4.74 Å². The van der Waals surface area contributed by atoms with E-state index < -0.39 is 6.10 Å². The molecule has 2 aromatic carbocycles. The van der Waals surface area contributed by atoms with Crippen LogP contribution in [0.5, 0.6) is 0 Å². The molecule has 1 aliphatic rings. The fraction of sp³-hybridized carbons (Fsp3) is 0.235. The largest absolute Gasteiger partial charge is 0.458 e. The summed E-state index contributed by atoms with van der Waals surface area (Å²) in [7, 11) is 0. The molecule has 0 aromatic heterocycles. The summed E-state index contributed by atoms with van der Waals surface area (Å²) < 4.78 is 6.27. The van der Waals surface area contributed by atoms with Crippen molar-refractivity contribution >= 4 is 38.7 Å². The molecule has 1 heterocycles. The summed E-state index contributed by atoms with van der Waals surface area (Å²) in [6.07, 6.45) is 3.37. The lowest BCUT2D eigenvalue weighted by Gasteiger charge is -2.23. The van der Waals surface area contributed by atoms with E-state index in [2.05, 4.69) is 28.1 Å². The summed E-state index contributed by atoms with van der Waals surface area (Å²) in [4.78, 5) is 11.3. The van der Waals surface area contributed by atoms with Crippen LogP contribution in [-0.4, -0.2) is 23.3 Å². The molecule has 0 amide bonds. The third-order valence-electron chi connectivity index (χ3n) is 3.58. The maximum Gasteiger partial charge on any atom is 0.309 e. The SMILES string of the molecule is O=C1C[C@H](O)C[C@@H](/C=C/c2ccc(Br)c3ccccc23)O1. The molecule has 4 heteroatoms. The number of aliphatic hydroxyl groups excluding tert-OH is 1. The zero-order valence-electron chi connectivity index (χ0n) is 11.3. The highest BCUT2D eigenvalue weighted by Crippen LogP contribution is 2.28. The number of benzene rings is 2. The van der Waals surface area contributed by atoms with Gasteiger partial charge in [-0.25, -0.2) is 0 Å². The number of halogens is 1. The summed E-state index contributed by atoms with van der Waals surface area (Å²) >= 11 is 3.55. The number of hydrogen-bond acceptors (Lipinski definition) is 3. The Morgan fingerprint density at radius 3 is 2.71 bits per heavy atom. The standard InChI is InChI=1S/C17H15BrO3/c18-16-8-6-11(14-3-1-2-4-15(14)16)5-7-13-9-12(19)10-17(20)21-13/h1-8,12-13,19H,9-10H2/b7-5+/t12-,13-/m1/s1. The molecule has 21 heavy (non-hydrogen) atoms. The Kier molecular flexibility index (Phi) is 4.08. The van der Waals surface area contributed by atoms with Gasteiger partial charge >= 0.3 is 5.97 Å². The Morgan fingerprint density at radius 2 is 1.95 bits per heavy atom. The fourth-order valence-corrected chi connectivity index (χ4v) is 3.05. The van der Waals surface area contributed by atoms with Crippen LogP contribution in [-0.2, 0) is 9.53 Å². The summed E-state index contributed by atoms with van der Waals surface area (Å²) in [6, 6.07) is 12.1. The van der Waals surface area contributed by atoms with Crippen molar-refractivity contribution in [3.8, 4) is 0 Å². The maximum atomic E-state index is 11.3. The zero-order chi connectivity index (χ0) is 14.8. The van der Waals surface area contributed by atoms with Crippen LogP contribution in [0.1, 0.15) is 18.4 Å². The van der Waals surface area contributed by atoms with Crippen LogP contribution in [0.2, 0.25) is 0 Å². The fourth-order valence-electron chi connectivity index (χ4n) is 2.57. The molecular weight excluding hydrogens is 332 g/mol. The Balaban J connectivity index is 1.90. The topological polar surface area (TPSA) is 46.5 Å². The van der Waals surface area contributed by atoms with E-state index in [9.17, 15) is 9.90 Å². The Hall–Kier alpha value is -1.65. The first-order valence-corrected chi connectivity index (χ1v) is 7.66. The van der Waals surface area contributed by atoms with Gasteiger partial charge in [0.2, 0.25) is 0 Å².